The Hall–Kier alpha value is -2.25. The minimum Gasteiger partial charge on any atom is -0.378 e. The van der Waals surface area contributed by atoms with Gasteiger partial charge in [0.05, 0.1) is 19.4 Å². The van der Waals surface area contributed by atoms with E-state index in [0.29, 0.717) is 26.3 Å². The highest BCUT2D eigenvalue weighted by Crippen LogP contribution is 2.41. The third-order valence-electron chi connectivity index (χ3n) is 5.85. The van der Waals surface area contributed by atoms with Gasteiger partial charge >= 0.3 is 0 Å². The first-order chi connectivity index (χ1) is 13.6. The van der Waals surface area contributed by atoms with E-state index < -0.39 is 0 Å². The third-order valence-corrected chi connectivity index (χ3v) is 5.85. The molecule has 150 valence electrons. The van der Waals surface area contributed by atoms with Crippen molar-refractivity contribution in [3.63, 3.8) is 0 Å². The van der Waals surface area contributed by atoms with Crippen LogP contribution in [0.5, 0.6) is 0 Å². The Morgan fingerprint density at radius 2 is 2.00 bits per heavy atom. The summed E-state index contributed by atoms with van der Waals surface area (Å²) in [6.07, 6.45) is 5.51. The van der Waals surface area contributed by atoms with Crippen molar-refractivity contribution in [1.29, 1.82) is 0 Å². The molecular formula is C21H27FN4O2. The van der Waals surface area contributed by atoms with E-state index in [1.807, 2.05) is 36.5 Å². The van der Waals surface area contributed by atoms with Crippen molar-refractivity contribution in [3.8, 4) is 0 Å². The first kappa shape index (κ1) is 19.1. The third kappa shape index (κ3) is 4.25. The summed E-state index contributed by atoms with van der Waals surface area (Å²) < 4.78 is 20.6. The maximum atomic E-state index is 13.4. The molecule has 2 fully saturated rings. The van der Waals surface area contributed by atoms with Crippen molar-refractivity contribution < 1.29 is 13.9 Å². The molecule has 1 N–H and O–H groups in total. The Bertz CT molecular complexity index is 801. The summed E-state index contributed by atoms with van der Waals surface area (Å²) in [5, 5.41) is 7.79. The number of hydrogen-bond donors (Lipinski definition) is 1. The lowest BCUT2D eigenvalue weighted by molar-refractivity contribution is -0.140. The number of nitrogens with one attached hydrogen (secondary N) is 1. The summed E-state index contributed by atoms with van der Waals surface area (Å²) >= 11 is 0. The van der Waals surface area contributed by atoms with Gasteiger partial charge < -0.3 is 15.0 Å². The maximum Gasteiger partial charge on any atom is 0.226 e. The lowest BCUT2D eigenvalue weighted by Crippen LogP contribution is -2.44. The molecule has 4 rings (SSSR count). The number of amides is 1. The van der Waals surface area contributed by atoms with Crippen LogP contribution in [0.2, 0.25) is 0 Å². The van der Waals surface area contributed by atoms with Crippen LogP contribution in [0, 0.1) is 11.7 Å². The largest absolute Gasteiger partial charge is 0.378 e. The van der Waals surface area contributed by atoms with Crippen LogP contribution in [0.4, 0.5) is 4.39 Å². The van der Waals surface area contributed by atoms with Crippen LogP contribution in [0.15, 0.2) is 36.7 Å². The lowest BCUT2D eigenvalue weighted by atomic mass is 9.88. The normalized spacial score (nSPS) is 25.2. The van der Waals surface area contributed by atoms with E-state index in [1.54, 1.807) is 4.68 Å². The highest BCUT2D eigenvalue weighted by atomic mass is 19.1. The second kappa shape index (κ2) is 8.41. The second-order valence-electron chi connectivity index (χ2n) is 7.77. The summed E-state index contributed by atoms with van der Waals surface area (Å²) in [6.45, 7) is 3.23. The zero-order valence-corrected chi connectivity index (χ0v) is 16.2. The predicted octanol–water partition coefficient (Wildman–Crippen LogP) is 2.07. The Morgan fingerprint density at radius 3 is 2.68 bits per heavy atom. The van der Waals surface area contributed by atoms with Gasteiger partial charge in [0.1, 0.15) is 5.82 Å². The number of carbonyl (C=O) groups excluding carboxylic acids is 1. The lowest BCUT2D eigenvalue weighted by Gasteiger charge is -2.31. The van der Waals surface area contributed by atoms with Crippen LogP contribution < -0.4 is 5.32 Å². The van der Waals surface area contributed by atoms with Gasteiger partial charge in [-0.3, -0.25) is 9.48 Å². The van der Waals surface area contributed by atoms with Gasteiger partial charge in [-0.1, -0.05) is 12.1 Å². The molecule has 0 spiro atoms. The molecule has 1 aromatic heterocycles. The topological polar surface area (TPSA) is 59.4 Å². The smallest absolute Gasteiger partial charge is 0.226 e. The van der Waals surface area contributed by atoms with E-state index in [2.05, 4.69) is 10.4 Å². The van der Waals surface area contributed by atoms with Crippen LogP contribution in [-0.4, -0.2) is 52.9 Å². The first-order valence-electron chi connectivity index (χ1n) is 9.93. The molecule has 28 heavy (non-hydrogen) atoms. The van der Waals surface area contributed by atoms with E-state index in [-0.39, 0.29) is 29.6 Å². The molecule has 3 atom stereocenters. The van der Waals surface area contributed by atoms with Crippen LogP contribution >= 0.6 is 0 Å². The van der Waals surface area contributed by atoms with Gasteiger partial charge in [-0.2, -0.15) is 5.10 Å². The fourth-order valence-corrected chi connectivity index (χ4v) is 4.40. The molecule has 0 radical (unpaired) electrons. The van der Waals surface area contributed by atoms with Gasteiger partial charge in [-0.15, -0.1) is 0 Å². The van der Waals surface area contributed by atoms with E-state index in [4.69, 9.17) is 4.74 Å². The second-order valence-corrected chi connectivity index (χ2v) is 7.77. The molecule has 0 bridgehead atoms. The molecular weight excluding hydrogens is 359 g/mol. The Kier molecular flexibility index (Phi) is 5.73. The SMILES string of the molecule is Cn1cc(CN[C@@H]2C[C@H](C(=O)N3CCOCC3)[C@@H](c3ccc(F)cc3)C2)cn1. The number of ether oxygens (including phenoxy) is 1. The number of aryl methyl sites for hydroxylation is 1. The monoisotopic (exact) mass is 386 g/mol. The van der Waals surface area contributed by atoms with Crippen molar-refractivity contribution >= 4 is 5.91 Å². The van der Waals surface area contributed by atoms with Crippen LogP contribution in [0.1, 0.15) is 29.9 Å². The number of halogens is 1. The maximum absolute atomic E-state index is 13.4. The van der Waals surface area contributed by atoms with Crippen LogP contribution in [0.3, 0.4) is 0 Å². The fourth-order valence-electron chi connectivity index (χ4n) is 4.40. The van der Waals surface area contributed by atoms with Crippen molar-refractivity contribution in [2.75, 3.05) is 26.3 Å². The van der Waals surface area contributed by atoms with Crippen molar-refractivity contribution in [2.24, 2.45) is 13.0 Å². The summed E-state index contributed by atoms with van der Waals surface area (Å²) in [5.41, 5.74) is 2.17. The van der Waals surface area contributed by atoms with Gasteiger partial charge in [0, 0.05) is 50.4 Å². The number of hydrogen-bond acceptors (Lipinski definition) is 4. The van der Waals surface area contributed by atoms with Crippen molar-refractivity contribution in [3.05, 3.63) is 53.6 Å². The average molecular weight is 386 g/mol. The number of rotatable bonds is 5. The van der Waals surface area contributed by atoms with E-state index in [1.165, 1.54) is 12.1 Å². The molecule has 6 nitrogen and oxygen atoms in total. The van der Waals surface area contributed by atoms with E-state index in [0.717, 1.165) is 30.5 Å². The highest BCUT2D eigenvalue weighted by Gasteiger charge is 2.41. The highest BCUT2D eigenvalue weighted by molar-refractivity contribution is 5.80. The summed E-state index contributed by atoms with van der Waals surface area (Å²) in [7, 11) is 1.90. The molecule has 1 aliphatic carbocycles. The fraction of sp³-hybridized carbons (Fsp3) is 0.524. The number of morpholine rings is 1. The molecule has 1 aliphatic heterocycles. The van der Waals surface area contributed by atoms with E-state index in [9.17, 15) is 9.18 Å². The molecule has 1 aromatic carbocycles. The molecule has 2 aliphatic rings. The standard InChI is InChI=1S/C21H27FN4O2/c1-25-14-15(13-24-25)12-23-18-10-19(16-2-4-17(22)5-3-16)20(11-18)21(27)26-6-8-28-9-7-26/h2-5,13-14,18-20,23H,6-12H2,1H3/t18-,19+,20-/m0/s1. The Labute approximate surface area is 164 Å². The number of benzene rings is 1. The molecule has 2 aromatic rings. The molecule has 7 heteroatoms. The Morgan fingerprint density at radius 1 is 1.25 bits per heavy atom. The predicted molar refractivity (Wildman–Crippen MR) is 103 cm³/mol. The minimum atomic E-state index is -0.246. The summed E-state index contributed by atoms with van der Waals surface area (Å²) in [6, 6.07) is 6.86. The summed E-state index contributed by atoms with van der Waals surface area (Å²) in [4.78, 5) is 15.2. The summed E-state index contributed by atoms with van der Waals surface area (Å²) in [5.74, 6) is -0.0374. The molecule has 1 amide bonds. The average Bonchev–Trinajstić information content (AvgIpc) is 3.33. The van der Waals surface area contributed by atoms with Crippen molar-refractivity contribution in [1.82, 2.24) is 20.0 Å². The van der Waals surface area contributed by atoms with Gasteiger partial charge in [-0.25, -0.2) is 4.39 Å². The zero-order valence-electron chi connectivity index (χ0n) is 16.2. The van der Waals surface area contributed by atoms with Gasteiger partial charge in [-0.05, 0) is 36.5 Å². The molecule has 0 unspecified atom stereocenters. The van der Waals surface area contributed by atoms with Crippen LogP contribution in [0.25, 0.3) is 0 Å². The van der Waals surface area contributed by atoms with Gasteiger partial charge in [0.25, 0.3) is 0 Å². The minimum absolute atomic E-state index is 0.0880. The van der Waals surface area contributed by atoms with Gasteiger partial charge in [0.15, 0.2) is 0 Å². The quantitative estimate of drug-likeness (QED) is 0.855. The molecule has 1 saturated heterocycles. The van der Waals surface area contributed by atoms with E-state index >= 15 is 0 Å². The first-order valence-corrected chi connectivity index (χ1v) is 9.93. The van der Waals surface area contributed by atoms with Crippen molar-refractivity contribution in [2.45, 2.75) is 31.3 Å². The van der Waals surface area contributed by atoms with Gasteiger partial charge in [0.2, 0.25) is 5.91 Å². The number of aromatic nitrogens is 2. The molecule has 1 saturated carbocycles. The molecule has 2 heterocycles. The number of carbonyl (C=O) groups is 1. The zero-order chi connectivity index (χ0) is 19.5. The number of nitrogens with zero attached hydrogens (tertiary/aromatic N) is 3. The Balaban J connectivity index is 1.48. The van der Waals surface area contributed by atoms with Crippen LogP contribution in [-0.2, 0) is 23.1 Å².